The van der Waals surface area contributed by atoms with E-state index in [4.69, 9.17) is 10.5 Å². The molecule has 0 aromatic carbocycles. The number of nitrogens with zero attached hydrogens (tertiary/aromatic N) is 4. The lowest BCUT2D eigenvalue weighted by atomic mass is 10.3. The number of methoxy groups -OCH3 is 1. The van der Waals surface area contributed by atoms with Crippen molar-refractivity contribution in [3.05, 3.63) is 24.3 Å². The van der Waals surface area contributed by atoms with E-state index in [1.54, 1.807) is 24.2 Å². The van der Waals surface area contributed by atoms with Gasteiger partial charge in [0.15, 0.2) is 5.82 Å². The Kier molecular flexibility index (Phi) is 3.61. The van der Waals surface area contributed by atoms with Crippen molar-refractivity contribution in [3.63, 3.8) is 0 Å². The van der Waals surface area contributed by atoms with Crippen LogP contribution in [0.15, 0.2) is 18.5 Å². The van der Waals surface area contributed by atoms with Gasteiger partial charge in [-0.1, -0.05) is 0 Å². The molecule has 2 rings (SSSR count). The second kappa shape index (κ2) is 5.35. The number of nitrogen functional groups attached to an aromatic ring is 1. The van der Waals surface area contributed by atoms with Gasteiger partial charge in [0, 0.05) is 20.0 Å². The van der Waals surface area contributed by atoms with E-state index in [9.17, 15) is 0 Å². The van der Waals surface area contributed by atoms with E-state index in [1.807, 2.05) is 13.1 Å². The van der Waals surface area contributed by atoms with Gasteiger partial charge < -0.3 is 15.8 Å². The van der Waals surface area contributed by atoms with Crippen LogP contribution in [0.5, 0.6) is 5.88 Å². The molecule has 0 aliphatic heterocycles. The highest BCUT2D eigenvalue weighted by Gasteiger charge is 2.03. The predicted molar refractivity (Wildman–Crippen MR) is 68.4 cm³/mol. The molecule has 0 amide bonds. The van der Waals surface area contributed by atoms with Crippen molar-refractivity contribution in [2.45, 2.75) is 6.42 Å². The number of anilines is 2. The SMILES string of the molecule is COc1nc(NCCc2ncn(C)n2)ccc1N. The molecule has 0 radical (unpaired) electrons. The molecule has 7 heteroatoms. The highest BCUT2D eigenvalue weighted by Crippen LogP contribution is 2.19. The van der Waals surface area contributed by atoms with Crippen LogP contribution in [0, 0.1) is 0 Å². The minimum atomic E-state index is 0.427. The highest BCUT2D eigenvalue weighted by atomic mass is 16.5. The van der Waals surface area contributed by atoms with Gasteiger partial charge in [0.1, 0.15) is 12.1 Å². The van der Waals surface area contributed by atoms with Crippen LogP contribution in [0.2, 0.25) is 0 Å². The molecule has 2 aromatic heterocycles. The molecule has 0 aliphatic rings. The number of nitrogens with two attached hydrogens (primary N) is 1. The first-order valence-corrected chi connectivity index (χ1v) is 5.58. The van der Waals surface area contributed by atoms with Crippen LogP contribution in [0.4, 0.5) is 11.5 Å². The summed E-state index contributed by atoms with van der Waals surface area (Å²) in [5.74, 6) is 1.94. The van der Waals surface area contributed by atoms with E-state index < -0.39 is 0 Å². The van der Waals surface area contributed by atoms with Gasteiger partial charge in [0.05, 0.1) is 12.8 Å². The molecule has 0 saturated heterocycles. The number of hydrogen-bond donors (Lipinski definition) is 2. The molecule has 7 nitrogen and oxygen atoms in total. The Balaban J connectivity index is 1.90. The number of aromatic nitrogens is 4. The number of rotatable bonds is 5. The first-order valence-electron chi connectivity index (χ1n) is 5.58. The van der Waals surface area contributed by atoms with Crippen molar-refractivity contribution in [2.75, 3.05) is 24.7 Å². The zero-order valence-corrected chi connectivity index (χ0v) is 10.4. The van der Waals surface area contributed by atoms with E-state index in [0.717, 1.165) is 18.1 Å². The maximum Gasteiger partial charge on any atom is 0.238 e. The van der Waals surface area contributed by atoms with Gasteiger partial charge >= 0.3 is 0 Å². The molecule has 18 heavy (non-hydrogen) atoms. The second-order valence-electron chi connectivity index (χ2n) is 3.81. The van der Waals surface area contributed by atoms with E-state index in [-0.39, 0.29) is 0 Å². The Hall–Kier alpha value is -2.31. The summed E-state index contributed by atoms with van der Waals surface area (Å²) in [5, 5.41) is 7.36. The van der Waals surface area contributed by atoms with Gasteiger partial charge in [0.25, 0.3) is 0 Å². The van der Waals surface area contributed by atoms with Gasteiger partial charge in [-0.3, -0.25) is 4.68 Å². The topological polar surface area (TPSA) is 90.9 Å². The normalized spacial score (nSPS) is 10.3. The first kappa shape index (κ1) is 12.2. The fourth-order valence-corrected chi connectivity index (χ4v) is 1.51. The second-order valence-corrected chi connectivity index (χ2v) is 3.81. The summed E-state index contributed by atoms with van der Waals surface area (Å²) in [7, 11) is 3.39. The van der Waals surface area contributed by atoms with Crippen LogP contribution >= 0.6 is 0 Å². The number of pyridine rings is 1. The molecule has 0 saturated carbocycles. The predicted octanol–water partition coefficient (Wildman–Crippen LogP) is 0.455. The van der Waals surface area contributed by atoms with E-state index in [0.29, 0.717) is 18.1 Å². The third kappa shape index (κ3) is 2.88. The molecule has 2 heterocycles. The lowest BCUT2D eigenvalue weighted by molar-refractivity contribution is 0.401. The zero-order chi connectivity index (χ0) is 13.0. The third-order valence-corrected chi connectivity index (χ3v) is 2.38. The van der Waals surface area contributed by atoms with E-state index >= 15 is 0 Å². The van der Waals surface area contributed by atoms with Crippen molar-refractivity contribution >= 4 is 11.5 Å². The lowest BCUT2D eigenvalue weighted by Crippen LogP contribution is -2.08. The fraction of sp³-hybridized carbons (Fsp3) is 0.364. The molecule has 0 aliphatic carbocycles. The molecule has 3 N–H and O–H groups in total. The molecule has 0 bridgehead atoms. The minimum absolute atomic E-state index is 0.427. The Morgan fingerprint density at radius 2 is 2.28 bits per heavy atom. The van der Waals surface area contributed by atoms with Crippen molar-refractivity contribution in [3.8, 4) is 5.88 Å². The average Bonchev–Trinajstić information content (AvgIpc) is 2.77. The highest BCUT2D eigenvalue weighted by molar-refractivity contribution is 5.53. The summed E-state index contributed by atoms with van der Waals surface area (Å²) < 4.78 is 6.73. The largest absolute Gasteiger partial charge is 0.479 e. The van der Waals surface area contributed by atoms with Crippen molar-refractivity contribution in [2.24, 2.45) is 7.05 Å². The number of ether oxygens (including phenoxy) is 1. The van der Waals surface area contributed by atoms with E-state index in [1.165, 1.54) is 0 Å². The Labute approximate surface area is 105 Å². The van der Waals surface area contributed by atoms with Gasteiger partial charge in [-0.25, -0.2) is 4.98 Å². The molecule has 0 atom stereocenters. The van der Waals surface area contributed by atoms with Crippen molar-refractivity contribution in [1.82, 2.24) is 19.7 Å². The van der Waals surface area contributed by atoms with Crippen LogP contribution in [-0.4, -0.2) is 33.4 Å². The number of hydrogen-bond acceptors (Lipinski definition) is 6. The van der Waals surface area contributed by atoms with E-state index in [2.05, 4.69) is 20.4 Å². The van der Waals surface area contributed by atoms with Gasteiger partial charge in [-0.15, -0.1) is 0 Å². The van der Waals surface area contributed by atoms with Crippen LogP contribution in [0.1, 0.15) is 5.82 Å². The maximum absolute atomic E-state index is 5.68. The van der Waals surface area contributed by atoms with Crippen molar-refractivity contribution < 1.29 is 4.74 Å². The summed E-state index contributed by atoms with van der Waals surface area (Å²) in [6.07, 6.45) is 2.41. The molecular formula is C11H16N6O. The standard InChI is InChI=1S/C11H16N6O/c1-17-7-14-10(16-17)5-6-13-9-4-3-8(12)11(15-9)18-2/h3-4,7H,5-6,12H2,1-2H3,(H,13,15). The molecule has 0 spiro atoms. The number of nitrogens with one attached hydrogen (secondary N) is 1. The average molecular weight is 248 g/mol. The van der Waals surface area contributed by atoms with Crippen LogP contribution in [-0.2, 0) is 13.5 Å². The monoisotopic (exact) mass is 248 g/mol. The van der Waals surface area contributed by atoms with Gasteiger partial charge in [0.2, 0.25) is 5.88 Å². The Morgan fingerprint density at radius 1 is 1.44 bits per heavy atom. The zero-order valence-electron chi connectivity index (χ0n) is 10.4. The van der Waals surface area contributed by atoms with Crippen LogP contribution in [0.3, 0.4) is 0 Å². The Morgan fingerprint density at radius 3 is 2.94 bits per heavy atom. The Bertz CT molecular complexity index is 524. The van der Waals surface area contributed by atoms with Crippen LogP contribution in [0.25, 0.3) is 0 Å². The maximum atomic E-state index is 5.68. The minimum Gasteiger partial charge on any atom is -0.479 e. The summed E-state index contributed by atoms with van der Waals surface area (Å²) in [4.78, 5) is 8.36. The third-order valence-electron chi connectivity index (χ3n) is 2.38. The summed E-state index contributed by atoms with van der Waals surface area (Å²) in [6, 6.07) is 3.57. The summed E-state index contributed by atoms with van der Waals surface area (Å²) in [5.41, 5.74) is 6.21. The van der Waals surface area contributed by atoms with Crippen molar-refractivity contribution in [1.29, 1.82) is 0 Å². The summed E-state index contributed by atoms with van der Waals surface area (Å²) >= 11 is 0. The number of aryl methyl sites for hydroxylation is 1. The molecule has 0 unspecified atom stereocenters. The quantitative estimate of drug-likeness (QED) is 0.798. The summed E-state index contributed by atoms with van der Waals surface area (Å²) in [6.45, 7) is 0.698. The first-order chi connectivity index (χ1) is 8.69. The molecular weight excluding hydrogens is 232 g/mol. The van der Waals surface area contributed by atoms with Crippen LogP contribution < -0.4 is 15.8 Å². The smallest absolute Gasteiger partial charge is 0.238 e. The molecule has 0 fully saturated rings. The molecule has 2 aromatic rings. The fourth-order valence-electron chi connectivity index (χ4n) is 1.51. The van der Waals surface area contributed by atoms with Gasteiger partial charge in [-0.2, -0.15) is 10.1 Å². The lowest BCUT2D eigenvalue weighted by Gasteiger charge is -2.07. The van der Waals surface area contributed by atoms with Gasteiger partial charge in [-0.05, 0) is 12.1 Å². The molecule has 96 valence electrons.